The third kappa shape index (κ3) is 2.33. The molecule has 0 aliphatic carbocycles. The Kier molecular flexibility index (Phi) is 3.43. The molecule has 1 fully saturated rings. The summed E-state index contributed by atoms with van der Waals surface area (Å²) >= 11 is 6.01. The first kappa shape index (κ1) is 11.9. The van der Waals surface area contributed by atoms with Crippen LogP contribution in [0.25, 0.3) is 10.8 Å². The van der Waals surface area contributed by atoms with Crippen molar-refractivity contribution >= 4 is 22.4 Å². The van der Waals surface area contributed by atoms with E-state index in [4.69, 9.17) is 11.6 Å². The van der Waals surface area contributed by atoms with Crippen molar-refractivity contribution in [1.82, 2.24) is 15.3 Å². The van der Waals surface area contributed by atoms with Crippen molar-refractivity contribution in [2.75, 3.05) is 13.1 Å². The molecule has 0 radical (unpaired) electrons. The number of fused-ring (bicyclic) bond motifs is 1. The fourth-order valence-electron chi connectivity index (χ4n) is 2.68. The maximum absolute atomic E-state index is 6.01. The van der Waals surface area contributed by atoms with Gasteiger partial charge < -0.3 is 5.32 Å². The van der Waals surface area contributed by atoms with Gasteiger partial charge in [-0.2, -0.15) is 0 Å². The van der Waals surface area contributed by atoms with E-state index in [0.717, 1.165) is 30.3 Å². The molecule has 3 rings (SSSR count). The third-order valence-electron chi connectivity index (χ3n) is 3.61. The standard InChI is InChI=1S/C14H16ClN3/c15-13-8-12-11(9-18-13)4-7-17-14(12)10-2-1-5-16-6-3-10/h4,7-10,16H,1-3,5-6H2. The van der Waals surface area contributed by atoms with Gasteiger partial charge in [0.05, 0.1) is 5.69 Å². The lowest BCUT2D eigenvalue weighted by Gasteiger charge is -2.15. The second-order valence-electron chi connectivity index (χ2n) is 4.80. The lowest BCUT2D eigenvalue weighted by Crippen LogP contribution is -2.14. The lowest BCUT2D eigenvalue weighted by atomic mass is 9.93. The van der Waals surface area contributed by atoms with Gasteiger partial charge in [-0.25, -0.2) is 4.98 Å². The molecule has 1 aliphatic heterocycles. The number of hydrogen-bond acceptors (Lipinski definition) is 3. The van der Waals surface area contributed by atoms with Gasteiger partial charge in [-0.15, -0.1) is 0 Å². The van der Waals surface area contributed by atoms with Crippen LogP contribution in [0, 0.1) is 0 Å². The smallest absolute Gasteiger partial charge is 0.129 e. The molecule has 4 heteroatoms. The quantitative estimate of drug-likeness (QED) is 0.802. The molecular weight excluding hydrogens is 246 g/mol. The number of rotatable bonds is 1. The van der Waals surface area contributed by atoms with E-state index in [2.05, 4.69) is 15.3 Å². The van der Waals surface area contributed by atoms with Crippen LogP contribution in [-0.4, -0.2) is 23.1 Å². The van der Waals surface area contributed by atoms with Gasteiger partial charge >= 0.3 is 0 Å². The molecular formula is C14H16ClN3. The maximum Gasteiger partial charge on any atom is 0.129 e. The highest BCUT2D eigenvalue weighted by molar-refractivity contribution is 6.30. The molecule has 2 aromatic rings. The SMILES string of the molecule is Clc1cc2c(C3CCCNCC3)nccc2cn1. The minimum atomic E-state index is 0.530. The van der Waals surface area contributed by atoms with Crippen molar-refractivity contribution in [2.24, 2.45) is 0 Å². The number of hydrogen-bond donors (Lipinski definition) is 1. The van der Waals surface area contributed by atoms with E-state index >= 15 is 0 Å². The Morgan fingerprint density at radius 1 is 1.22 bits per heavy atom. The molecule has 0 amide bonds. The Morgan fingerprint density at radius 2 is 2.17 bits per heavy atom. The van der Waals surface area contributed by atoms with Gasteiger partial charge in [0.1, 0.15) is 5.15 Å². The second-order valence-corrected chi connectivity index (χ2v) is 5.19. The molecule has 1 aliphatic rings. The minimum Gasteiger partial charge on any atom is -0.317 e. The van der Waals surface area contributed by atoms with Crippen LogP contribution in [0.1, 0.15) is 30.9 Å². The van der Waals surface area contributed by atoms with Crippen molar-refractivity contribution in [1.29, 1.82) is 0 Å². The molecule has 3 heterocycles. The average molecular weight is 262 g/mol. The molecule has 94 valence electrons. The molecule has 3 nitrogen and oxygen atoms in total. The van der Waals surface area contributed by atoms with Crippen LogP contribution in [0.4, 0.5) is 0 Å². The van der Waals surface area contributed by atoms with Crippen molar-refractivity contribution in [3.8, 4) is 0 Å². The Morgan fingerprint density at radius 3 is 3.11 bits per heavy atom. The summed E-state index contributed by atoms with van der Waals surface area (Å²) in [7, 11) is 0. The topological polar surface area (TPSA) is 37.8 Å². The lowest BCUT2D eigenvalue weighted by molar-refractivity contribution is 0.598. The summed E-state index contributed by atoms with van der Waals surface area (Å²) < 4.78 is 0. The minimum absolute atomic E-state index is 0.530. The van der Waals surface area contributed by atoms with Crippen molar-refractivity contribution < 1.29 is 0 Å². The maximum atomic E-state index is 6.01. The monoisotopic (exact) mass is 261 g/mol. The van der Waals surface area contributed by atoms with E-state index in [0.29, 0.717) is 11.1 Å². The summed E-state index contributed by atoms with van der Waals surface area (Å²) in [4.78, 5) is 8.74. The molecule has 0 spiro atoms. The van der Waals surface area contributed by atoms with E-state index in [1.807, 2.05) is 24.5 Å². The molecule has 1 N–H and O–H groups in total. The largest absolute Gasteiger partial charge is 0.317 e. The summed E-state index contributed by atoms with van der Waals surface area (Å²) in [5.74, 6) is 0.530. The number of nitrogens with one attached hydrogen (secondary N) is 1. The number of nitrogens with zero attached hydrogens (tertiary/aromatic N) is 2. The zero-order chi connectivity index (χ0) is 12.4. The zero-order valence-corrected chi connectivity index (χ0v) is 11.0. The Hall–Kier alpha value is -1.19. The number of pyridine rings is 2. The number of halogens is 1. The Bertz CT molecular complexity index is 548. The number of aromatic nitrogens is 2. The van der Waals surface area contributed by atoms with Crippen LogP contribution in [0.2, 0.25) is 5.15 Å². The fraction of sp³-hybridized carbons (Fsp3) is 0.429. The van der Waals surface area contributed by atoms with Crippen LogP contribution >= 0.6 is 11.6 Å². The van der Waals surface area contributed by atoms with E-state index in [9.17, 15) is 0 Å². The summed E-state index contributed by atoms with van der Waals surface area (Å²) in [5, 5.41) is 6.27. The van der Waals surface area contributed by atoms with E-state index in [-0.39, 0.29) is 0 Å². The average Bonchev–Trinajstić information content (AvgIpc) is 2.67. The third-order valence-corrected chi connectivity index (χ3v) is 3.81. The van der Waals surface area contributed by atoms with Gasteiger partial charge in [-0.1, -0.05) is 11.6 Å². The predicted octanol–water partition coefficient (Wildman–Crippen LogP) is 3.14. The van der Waals surface area contributed by atoms with E-state index in [1.165, 1.54) is 18.5 Å². The molecule has 0 bridgehead atoms. The molecule has 0 saturated carbocycles. The molecule has 1 saturated heterocycles. The fourth-order valence-corrected chi connectivity index (χ4v) is 2.84. The predicted molar refractivity (Wildman–Crippen MR) is 74.0 cm³/mol. The first-order chi connectivity index (χ1) is 8.84. The second kappa shape index (κ2) is 5.21. The first-order valence-corrected chi connectivity index (χ1v) is 6.83. The Balaban J connectivity index is 2.06. The molecule has 18 heavy (non-hydrogen) atoms. The van der Waals surface area contributed by atoms with Crippen LogP contribution in [0.3, 0.4) is 0 Å². The highest BCUT2D eigenvalue weighted by Crippen LogP contribution is 2.30. The van der Waals surface area contributed by atoms with Crippen molar-refractivity contribution in [3.63, 3.8) is 0 Å². The molecule has 0 aromatic carbocycles. The summed E-state index contributed by atoms with van der Waals surface area (Å²) in [6, 6.07) is 3.94. The van der Waals surface area contributed by atoms with Crippen LogP contribution < -0.4 is 5.32 Å². The molecule has 2 aromatic heterocycles. The highest BCUT2D eigenvalue weighted by atomic mass is 35.5. The van der Waals surface area contributed by atoms with Gasteiger partial charge in [-0.3, -0.25) is 4.98 Å². The normalized spacial score (nSPS) is 20.8. The van der Waals surface area contributed by atoms with Crippen LogP contribution in [0.5, 0.6) is 0 Å². The Labute approximate surface area is 112 Å². The molecule has 1 atom stereocenters. The first-order valence-electron chi connectivity index (χ1n) is 6.45. The van der Waals surface area contributed by atoms with Crippen molar-refractivity contribution in [2.45, 2.75) is 25.2 Å². The molecule has 1 unspecified atom stereocenters. The summed E-state index contributed by atoms with van der Waals surface area (Å²) in [6.07, 6.45) is 7.26. The van der Waals surface area contributed by atoms with Crippen LogP contribution in [0.15, 0.2) is 24.5 Å². The summed E-state index contributed by atoms with van der Waals surface area (Å²) in [6.45, 7) is 2.19. The van der Waals surface area contributed by atoms with E-state index in [1.54, 1.807) is 0 Å². The van der Waals surface area contributed by atoms with Crippen LogP contribution in [-0.2, 0) is 0 Å². The van der Waals surface area contributed by atoms with E-state index < -0.39 is 0 Å². The van der Waals surface area contributed by atoms with Gasteiger partial charge in [0, 0.05) is 29.1 Å². The van der Waals surface area contributed by atoms with Gasteiger partial charge in [0.25, 0.3) is 0 Å². The van der Waals surface area contributed by atoms with Crippen molar-refractivity contribution in [3.05, 3.63) is 35.4 Å². The van der Waals surface area contributed by atoms with Gasteiger partial charge in [0.2, 0.25) is 0 Å². The highest BCUT2D eigenvalue weighted by Gasteiger charge is 2.17. The van der Waals surface area contributed by atoms with Gasteiger partial charge in [0.15, 0.2) is 0 Å². The van der Waals surface area contributed by atoms with Gasteiger partial charge in [-0.05, 0) is 44.5 Å². The summed E-state index contributed by atoms with van der Waals surface area (Å²) in [5.41, 5.74) is 1.18. The zero-order valence-electron chi connectivity index (χ0n) is 10.2.